The number of benzene rings is 2. The van der Waals surface area contributed by atoms with Gasteiger partial charge in [-0.05, 0) is 54.5 Å². The largest absolute Gasteiger partial charge is 0.472 e. The first-order valence-corrected chi connectivity index (χ1v) is 13.2. The minimum atomic E-state index is 0.661. The maximum atomic E-state index is 5.30. The lowest BCUT2D eigenvalue weighted by atomic mass is 10.1. The third-order valence-corrected chi connectivity index (χ3v) is 6.97. The molecule has 4 aromatic heterocycles. The molecule has 0 unspecified atom stereocenters. The standard InChI is InChI=1S/C32H27N7O/c1-20-14-22(17-33-16-21-6-3-2-4-7-21)15-24(18-34-20)26-10-11-28-30(35-26)31(39-38-28)32-36-27-9-5-8-25(29(27)37-32)23-12-13-40-19-23/h2-15,18-19,33-34H,16-17H2,1H3,(H,36,37)(H,38,39). The van der Waals surface area contributed by atoms with Crippen LogP contribution in [0.25, 0.3) is 50.3 Å². The summed E-state index contributed by atoms with van der Waals surface area (Å²) in [6, 6.07) is 22.4. The van der Waals surface area contributed by atoms with Crippen LogP contribution in [0, 0.1) is 0 Å². The topological polar surface area (TPSA) is 107 Å². The van der Waals surface area contributed by atoms with Gasteiger partial charge in [0.05, 0.1) is 34.8 Å². The third-order valence-electron chi connectivity index (χ3n) is 6.97. The van der Waals surface area contributed by atoms with Crippen molar-refractivity contribution in [1.29, 1.82) is 0 Å². The second-order valence-electron chi connectivity index (χ2n) is 9.84. The Morgan fingerprint density at radius 3 is 2.65 bits per heavy atom. The highest BCUT2D eigenvalue weighted by atomic mass is 16.3. The SMILES string of the molecule is CC1=CC(CNCc2ccccc2)=CC(c2ccc3[nH]nc(-c4nc5c(-c6ccoc6)cccc5[nH]4)c3n2)=CN1. The minimum absolute atomic E-state index is 0.661. The van der Waals surface area contributed by atoms with Crippen molar-refractivity contribution in [3.05, 3.63) is 120 Å². The van der Waals surface area contributed by atoms with Crippen LogP contribution in [0.3, 0.4) is 0 Å². The summed E-state index contributed by atoms with van der Waals surface area (Å²) in [6.07, 6.45) is 9.73. The predicted molar refractivity (Wildman–Crippen MR) is 158 cm³/mol. The van der Waals surface area contributed by atoms with Gasteiger partial charge in [0.15, 0.2) is 11.5 Å². The van der Waals surface area contributed by atoms with E-state index in [2.05, 4.69) is 69.2 Å². The zero-order chi connectivity index (χ0) is 26.9. The number of aromatic nitrogens is 5. The van der Waals surface area contributed by atoms with Gasteiger partial charge in [-0.25, -0.2) is 9.97 Å². The molecular weight excluding hydrogens is 498 g/mol. The number of furan rings is 1. The van der Waals surface area contributed by atoms with Gasteiger partial charge >= 0.3 is 0 Å². The highest BCUT2D eigenvalue weighted by Crippen LogP contribution is 2.32. The van der Waals surface area contributed by atoms with Gasteiger partial charge in [0.25, 0.3) is 0 Å². The van der Waals surface area contributed by atoms with Crippen LogP contribution in [-0.4, -0.2) is 31.7 Å². The zero-order valence-electron chi connectivity index (χ0n) is 21.9. The number of hydrogen-bond donors (Lipinski definition) is 4. The molecule has 8 nitrogen and oxygen atoms in total. The smallest absolute Gasteiger partial charge is 0.161 e. The maximum absolute atomic E-state index is 5.30. The van der Waals surface area contributed by atoms with Gasteiger partial charge in [0.2, 0.25) is 0 Å². The second kappa shape index (κ2) is 10.2. The van der Waals surface area contributed by atoms with Gasteiger partial charge in [-0.3, -0.25) is 5.10 Å². The fraction of sp³-hybridized carbons (Fsp3) is 0.0938. The molecule has 1 aliphatic rings. The van der Waals surface area contributed by atoms with Gasteiger partial charge in [-0.2, -0.15) is 5.10 Å². The maximum Gasteiger partial charge on any atom is 0.161 e. The lowest BCUT2D eigenvalue weighted by Gasteiger charge is -2.07. The van der Waals surface area contributed by atoms with E-state index in [0.717, 1.165) is 63.2 Å². The van der Waals surface area contributed by atoms with Crippen molar-refractivity contribution < 1.29 is 4.42 Å². The van der Waals surface area contributed by atoms with Crippen molar-refractivity contribution in [3.8, 4) is 22.6 Å². The van der Waals surface area contributed by atoms with Gasteiger partial charge in [0.1, 0.15) is 5.52 Å². The molecule has 0 aliphatic carbocycles. The van der Waals surface area contributed by atoms with E-state index in [-0.39, 0.29) is 0 Å². The molecule has 40 heavy (non-hydrogen) atoms. The van der Waals surface area contributed by atoms with E-state index in [9.17, 15) is 0 Å². The third kappa shape index (κ3) is 4.61. The molecule has 0 spiro atoms. The number of para-hydroxylation sites is 1. The van der Waals surface area contributed by atoms with Crippen LogP contribution in [0.5, 0.6) is 0 Å². The van der Waals surface area contributed by atoms with Gasteiger partial charge < -0.3 is 20.0 Å². The number of pyridine rings is 1. The fourth-order valence-electron chi connectivity index (χ4n) is 5.01. The van der Waals surface area contributed by atoms with E-state index in [4.69, 9.17) is 14.4 Å². The Hall–Kier alpha value is -5.21. The van der Waals surface area contributed by atoms with E-state index in [1.807, 2.05) is 48.7 Å². The number of fused-ring (bicyclic) bond motifs is 2. The first-order valence-electron chi connectivity index (χ1n) is 13.2. The molecule has 5 heterocycles. The Bertz CT molecular complexity index is 1910. The summed E-state index contributed by atoms with van der Waals surface area (Å²) in [5, 5.41) is 14.6. The number of H-pyrrole nitrogens is 2. The van der Waals surface area contributed by atoms with Crippen LogP contribution in [0.4, 0.5) is 0 Å². The molecular formula is C32H27N7O. The van der Waals surface area contributed by atoms with Crippen molar-refractivity contribution in [2.45, 2.75) is 13.5 Å². The number of rotatable bonds is 7. The molecule has 0 amide bonds. The van der Waals surface area contributed by atoms with Crippen LogP contribution in [-0.2, 0) is 6.54 Å². The summed E-state index contributed by atoms with van der Waals surface area (Å²) in [5.74, 6) is 0.661. The Morgan fingerprint density at radius 1 is 0.850 bits per heavy atom. The first-order chi connectivity index (χ1) is 19.7. The predicted octanol–water partition coefficient (Wildman–Crippen LogP) is 6.33. The lowest BCUT2D eigenvalue weighted by Crippen LogP contribution is -2.16. The van der Waals surface area contributed by atoms with Crippen molar-refractivity contribution in [1.82, 2.24) is 35.8 Å². The van der Waals surface area contributed by atoms with E-state index in [0.29, 0.717) is 11.5 Å². The molecule has 8 heteroatoms. The summed E-state index contributed by atoms with van der Waals surface area (Å²) >= 11 is 0. The molecule has 7 rings (SSSR count). The minimum Gasteiger partial charge on any atom is -0.472 e. The van der Waals surface area contributed by atoms with Crippen molar-refractivity contribution in [2.75, 3.05) is 6.54 Å². The molecule has 0 radical (unpaired) electrons. The molecule has 0 saturated heterocycles. The number of allylic oxidation sites excluding steroid dienone is 3. The number of nitrogens with zero attached hydrogens (tertiary/aromatic N) is 3. The first kappa shape index (κ1) is 23.9. The van der Waals surface area contributed by atoms with Crippen molar-refractivity contribution in [3.63, 3.8) is 0 Å². The van der Waals surface area contributed by atoms with E-state index >= 15 is 0 Å². The summed E-state index contributed by atoms with van der Waals surface area (Å²) in [7, 11) is 0. The van der Waals surface area contributed by atoms with E-state index in [1.165, 1.54) is 11.1 Å². The van der Waals surface area contributed by atoms with Crippen LogP contribution >= 0.6 is 0 Å². The molecule has 0 saturated carbocycles. The van der Waals surface area contributed by atoms with Gasteiger partial charge in [-0.1, -0.05) is 42.5 Å². The average Bonchev–Trinajstić information content (AvgIpc) is 3.72. The summed E-state index contributed by atoms with van der Waals surface area (Å²) in [4.78, 5) is 13.4. The Balaban J connectivity index is 1.21. The Kier molecular flexibility index (Phi) is 6.07. The molecule has 0 atom stereocenters. The normalized spacial score (nSPS) is 13.6. The zero-order valence-corrected chi connectivity index (χ0v) is 21.9. The Labute approximate surface area is 230 Å². The van der Waals surface area contributed by atoms with Gasteiger partial charge in [-0.15, -0.1) is 0 Å². The van der Waals surface area contributed by atoms with Crippen LogP contribution < -0.4 is 10.6 Å². The van der Waals surface area contributed by atoms with Gasteiger partial charge in [0, 0.05) is 41.7 Å². The number of imidazole rings is 1. The van der Waals surface area contributed by atoms with Crippen LogP contribution in [0.15, 0.2) is 113 Å². The molecule has 196 valence electrons. The molecule has 4 N–H and O–H groups in total. The molecule has 1 aliphatic heterocycles. The van der Waals surface area contributed by atoms with Crippen molar-refractivity contribution in [2.24, 2.45) is 0 Å². The summed E-state index contributed by atoms with van der Waals surface area (Å²) < 4.78 is 5.30. The molecule has 0 bridgehead atoms. The Morgan fingerprint density at radius 2 is 1.77 bits per heavy atom. The molecule has 2 aromatic carbocycles. The number of aromatic amines is 2. The summed E-state index contributed by atoms with van der Waals surface area (Å²) in [6.45, 7) is 3.61. The molecule has 6 aromatic rings. The van der Waals surface area contributed by atoms with Crippen LogP contribution in [0.2, 0.25) is 0 Å². The highest BCUT2D eigenvalue weighted by Gasteiger charge is 2.17. The molecule has 0 fully saturated rings. The van der Waals surface area contributed by atoms with Crippen molar-refractivity contribution >= 4 is 27.6 Å². The number of hydrogen-bond acceptors (Lipinski definition) is 6. The van der Waals surface area contributed by atoms with E-state index in [1.54, 1.807) is 12.5 Å². The van der Waals surface area contributed by atoms with E-state index < -0.39 is 0 Å². The van der Waals surface area contributed by atoms with Crippen LogP contribution in [0.1, 0.15) is 18.2 Å². The second-order valence-corrected chi connectivity index (χ2v) is 9.84. The summed E-state index contributed by atoms with van der Waals surface area (Å²) in [5.41, 5.74) is 11.4. The lowest BCUT2D eigenvalue weighted by molar-refractivity contribution is 0.568. The highest BCUT2D eigenvalue weighted by molar-refractivity contribution is 5.96. The monoisotopic (exact) mass is 525 g/mol. The average molecular weight is 526 g/mol. The number of nitrogens with one attached hydrogen (secondary N) is 4. The quantitative estimate of drug-likeness (QED) is 0.194. The fourth-order valence-corrected chi connectivity index (χ4v) is 5.01.